The summed E-state index contributed by atoms with van der Waals surface area (Å²) in [7, 11) is 1.72. The lowest BCUT2D eigenvalue weighted by Crippen LogP contribution is -2.41. The fourth-order valence-electron chi connectivity index (χ4n) is 3.70. The van der Waals surface area contributed by atoms with Crippen molar-refractivity contribution in [3.8, 4) is 0 Å². The lowest BCUT2D eigenvalue weighted by Gasteiger charge is -2.24. The number of nitrogens with zero attached hydrogens (tertiary/aromatic N) is 5. The Morgan fingerprint density at radius 3 is 2.97 bits per heavy atom. The monoisotopic (exact) mass is 410 g/mol. The van der Waals surface area contributed by atoms with Gasteiger partial charge in [0, 0.05) is 39.8 Å². The first-order valence-corrected chi connectivity index (χ1v) is 10.1. The number of hydrogen-bond acceptors (Lipinski definition) is 6. The van der Waals surface area contributed by atoms with Crippen LogP contribution in [0.4, 0.5) is 0 Å². The summed E-state index contributed by atoms with van der Waals surface area (Å²) in [4.78, 5) is 31.5. The second-order valence-electron chi connectivity index (χ2n) is 7.55. The molecule has 0 saturated carbocycles. The van der Waals surface area contributed by atoms with E-state index in [0.29, 0.717) is 24.2 Å². The van der Waals surface area contributed by atoms with Crippen LogP contribution in [0.3, 0.4) is 0 Å². The molecule has 1 saturated heterocycles. The first kappa shape index (κ1) is 20.2. The number of fused-ring (bicyclic) bond motifs is 1. The molecular weight excluding hydrogens is 384 g/mol. The molecule has 2 aromatic heterocycles. The van der Waals surface area contributed by atoms with Crippen LogP contribution in [-0.2, 0) is 29.7 Å². The zero-order valence-corrected chi connectivity index (χ0v) is 17.0. The van der Waals surface area contributed by atoms with Crippen LogP contribution < -0.4 is 10.9 Å². The third-order valence-electron chi connectivity index (χ3n) is 5.24. The van der Waals surface area contributed by atoms with Gasteiger partial charge in [0.1, 0.15) is 18.3 Å². The van der Waals surface area contributed by atoms with Gasteiger partial charge < -0.3 is 10.1 Å². The van der Waals surface area contributed by atoms with Gasteiger partial charge in [0.25, 0.3) is 5.56 Å². The van der Waals surface area contributed by atoms with Gasteiger partial charge in [-0.1, -0.05) is 30.3 Å². The van der Waals surface area contributed by atoms with Crippen molar-refractivity contribution in [2.24, 2.45) is 7.05 Å². The molecule has 1 N–H and O–H groups in total. The maximum Gasteiger partial charge on any atom is 0.264 e. The molecule has 0 spiro atoms. The summed E-state index contributed by atoms with van der Waals surface area (Å²) in [6.07, 6.45) is 3.73. The number of aryl methyl sites for hydroxylation is 1. The SMILES string of the molecule is Cn1ncc2c(=O)n(CC(=O)NCC3CN(Cc4ccccc4)CCCO3)cnc21. The molecule has 0 radical (unpaired) electrons. The topological polar surface area (TPSA) is 94.3 Å². The smallest absolute Gasteiger partial charge is 0.264 e. The van der Waals surface area contributed by atoms with E-state index in [0.717, 1.165) is 26.1 Å². The maximum atomic E-state index is 12.5. The number of carbonyl (C=O) groups excluding carboxylic acids is 1. The van der Waals surface area contributed by atoms with E-state index in [-0.39, 0.29) is 24.1 Å². The number of benzene rings is 1. The van der Waals surface area contributed by atoms with Gasteiger partial charge >= 0.3 is 0 Å². The van der Waals surface area contributed by atoms with E-state index in [1.54, 1.807) is 7.05 Å². The van der Waals surface area contributed by atoms with E-state index in [9.17, 15) is 9.59 Å². The minimum atomic E-state index is -0.275. The molecule has 3 heterocycles. The van der Waals surface area contributed by atoms with Gasteiger partial charge in [-0.05, 0) is 12.0 Å². The molecule has 1 fully saturated rings. The standard InChI is InChI=1S/C21H26N6O3/c1-25-20-18(11-24-25)21(29)27(15-23-20)14-19(28)22-10-17-13-26(8-5-9-30-17)12-16-6-3-2-4-7-16/h2-4,6-7,11,15,17H,5,8-10,12-14H2,1H3,(H,22,28). The van der Waals surface area contributed by atoms with E-state index in [1.165, 1.54) is 27.3 Å². The highest BCUT2D eigenvalue weighted by molar-refractivity contribution is 5.77. The van der Waals surface area contributed by atoms with Crippen molar-refractivity contribution < 1.29 is 9.53 Å². The summed E-state index contributed by atoms with van der Waals surface area (Å²) in [6.45, 7) is 3.57. The van der Waals surface area contributed by atoms with E-state index in [4.69, 9.17) is 4.74 Å². The van der Waals surface area contributed by atoms with Crippen LogP contribution in [0.1, 0.15) is 12.0 Å². The lowest BCUT2D eigenvalue weighted by atomic mass is 10.2. The van der Waals surface area contributed by atoms with Crippen LogP contribution >= 0.6 is 0 Å². The van der Waals surface area contributed by atoms with Crippen LogP contribution in [0.5, 0.6) is 0 Å². The molecule has 4 rings (SSSR count). The Morgan fingerprint density at radius 2 is 2.13 bits per heavy atom. The van der Waals surface area contributed by atoms with Crippen LogP contribution in [0.2, 0.25) is 0 Å². The van der Waals surface area contributed by atoms with Gasteiger partial charge in [-0.15, -0.1) is 0 Å². The van der Waals surface area contributed by atoms with Crippen LogP contribution in [-0.4, -0.2) is 62.5 Å². The zero-order valence-electron chi connectivity index (χ0n) is 17.0. The second-order valence-corrected chi connectivity index (χ2v) is 7.55. The van der Waals surface area contributed by atoms with Crippen molar-refractivity contribution in [1.29, 1.82) is 0 Å². The maximum absolute atomic E-state index is 12.5. The minimum absolute atomic E-state index is 0.0862. The van der Waals surface area contributed by atoms with Crippen molar-refractivity contribution >= 4 is 16.9 Å². The first-order valence-electron chi connectivity index (χ1n) is 10.1. The Kier molecular flexibility index (Phi) is 6.20. The summed E-state index contributed by atoms with van der Waals surface area (Å²) in [5.74, 6) is -0.246. The van der Waals surface area contributed by atoms with Crippen LogP contribution in [0, 0.1) is 0 Å². The molecule has 1 unspecified atom stereocenters. The molecule has 3 aromatic rings. The van der Waals surface area contributed by atoms with Crippen molar-refractivity contribution in [2.75, 3.05) is 26.2 Å². The summed E-state index contributed by atoms with van der Waals surface area (Å²) in [5, 5.41) is 7.33. The second kappa shape index (κ2) is 9.19. The Bertz CT molecular complexity index is 1060. The fraction of sp³-hybridized carbons (Fsp3) is 0.429. The number of hydrogen-bond donors (Lipinski definition) is 1. The molecule has 1 aliphatic heterocycles. The Balaban J connectivity index is 1.32. The molecule has 1 aliphatic rings. The average Bonchev–Trinajstić information content (AvgIpc) is 2.98. The molecule has 1 aromatic carbocycles. The first-order chi connectivity index (χ1) is 14.6. The largest absolute Gasteiger partial charge is 0.375 e. The van der Waals surface area contributed by atoms with E-state index >= 15 is 0 Å². The molecule has 0 aliphatic carbocycles. The molecule has 1 amide bonds. The quantitative estimate of drug-likeness (QED) is 0.637. The Labute approximate surface area is 174 Å². The van der Waals surface area contributed by atoms with Crippen molar-refractivity contribution in [1.82, 2.24) is 29.5 Å². The number of carbonyl (C=O) groups is 1. The summed E-state index contributed by atoms with van der Waals surface area (Å²) >= 11 is 0. The molecule has 9 heteroatoms. The van der Waals surface area contributed by atoms with Crippen LogP contribution in [0.25, 0.3) is 11.0 Å². The predicted molar refractivity (Wildman–Crippen MR) is 112 cm³/mol. The molecule has 158 valence electrons. The molecule has 30 heavy (non-hydrogen) atoms. The van der Waals surface area contributed by atoms with Gasteiger partial charge in [-0.3, -0.25) is 23.7 Å². The third kappa shape index (κ3) is 4.74. The number of ether oxygens (including phenoxy) is 1. The fourth-order valence-corrected chi connectivity index (χ4v) is 3.70. The van der Waals surface area contributed by atoms with Gasteiger partial charge in [0.05, 0.1) is 12.3 Å². The summed E-state index contributed by atoms with van der Waals surface area (Å²) in [5.41, 5.74) is 1.49. The molecular formula is C21H26N6O3. The number of nitrogens with one attached hydrogen (secondary N) is 1. The highest BCUT2D eigenvalue weighted by Crippen LogP contribution is 2.10. The Hall–Kier alpha value is -3.04. The van der Waals surface area contributed by atoms with E-state index in [1.807, 2.05) is 18.2 Å². The summed E-state index contributed by atoms with van der Waals surface area (Å²) in [6, 6.07) is 10.3. The van der Waals surface area contributed by atoms with Crippen molar-refractivity contribution in [3.05, 3.63) is 58.8 Å². The lowest BCUT2D eigenvalue weighted by molar-refractivity contribution is -0.122. The van der Waals surface area contributed by atoms with E-state index in [2.05, 4.69) is 32.4 Å². The van der Waals surface area contributed by atoms with Crippen LogP contribution in [0.15, 0.2) is 47.7 Å². The highest BCUT2D eigenvalue weighted by Gasteiger charge is 2.20. The number of rotatable bonds is 6. The zero-order chi connectivity index (χ0) is 20.9. The highest BCUT2D eigenvalue weighted by atomic mass is 16.5. The van der Waals surface area contributed by atoms with Crippen molar-refractivity contribution in [3.63, 3.8) is 0 Å². The predicted octanol–water partition coefficient (Wildman–Crippen LogP) is 0.537. The van der Waals surface area contributed by atoms with Gasteiger partial charge in [-0.2, -0.15) is 5.10 Å². The third-order valence-corrected chi connectivity index (χ3v) is 5.24. The van der Waals surface area contributed by atoms with Gasteiger partial charge in [0.2, 0.25) is 5.91 Å². The minimum Gasteiger partial charge on any atom is -0.375 e. The van der Waals surface area contributed by atoms with Gasteiger partial charge in [0.15, 0.2) is 5.65 Å². The number of amides is 1. The molecule has 1 atom stereocenters. The summed E-state index contributed by atoms with van der Waals surface area (Å²) < 4.78 is 8.74. The molecule has 0 bridgehead atoms. The van der Waals surface area contributed by atoms with Gasteiger partial charge in [-0.25, -0.2) is 4.98 Å². The number of aromatic nitrogens is 4. The normalized spacial score (nSPS) is 17.7. The molecule has 9 nitrogen and oxygen atoms in total. The van der Waals surface area contributed by atoms with E-state index < -0.39 is 0 Å². The van der Waals surface area contributed by atoms with Crippen molar-refractivity contribution in [2.45, 2.75) is 25.6 Å². The Morgan fingerprint density at radius 1 is 1.30 bits per heavy atom. The average molecular weight is 410 g/mol.